The molecule has 0 unspecified atom stereocenters. The van der Waals surface area contributed by atoms with Gasteiger partial charge in [-0.1, -0.05) is 18.7 Å². The Kier molecular flexibility index (Phi) is 6.81. The van der Waals surface area contributed by atoms with E-state index in [0.29, 0.717) is 34.8 Å². The smallest absolute Gasteiger partial charge is 0.337 e. The lowest BCUT2D eigenvalue weighted by Gasteiger charge is -2.13. The number of carbonyl (C=O) groups is 1. The molecule has 130 valence electrons. The maximum absolute atomic E-state index is 12.8. The molecule has 0 saturated heterocycles. The van der Waals surface area contributed by atoms with Crippen molar-refractivity contribution in [2.45, 2.75) is 31.5 Å². The Morgan fingerprint density at radius 3 is 2.79 bits per heavy atom. The molecule has 0 aliphatic heterocycles. The molecule has 1 aromatic heterocycles. The highest BCUT2D eigenvalue weighted by molar-refractivity contribution is 7.99. The largest absolute Gasteiger partial charge is 0.465 e. The number of esters is 1. The summed E-state index contributed by atoms with van der Waals surface area (Å²) in [6, 6.07) is 4.84. The van der Waals surface area contributed by atoms with Gasteiger partial charge in [0, 0.05) is 26.0 Å². The van der Waals surface area contributed by atoms with Crippen LogP contribution < -0.4 is 5.56 Å². The first kappa shape index (κ1) is 18.5. The van der Waals surface area contributed by atoms with Crippen molar-refractivity contribution in [3.63, 3.8) is 0 Å². The van der Waals surface area contributed by atoms with E-state index in [-0.39, 0.29) is 5.56 Å². The number of carbonyl (C=O) groups excluding carboxylic acids is 1. The number of rotatable bonds is 8. The molecule has 0 N–H and O–H groups in total. The van der Waals surface area contributed by atoms with Gasteiger partial charge >= 0.3 is 5.97 Å². The van der Waals surface area contributed by atoms with Crippen molar-refractivity contribution >= 4 is 28.6 Å². The second kappa shape index (κ2) is 8.84. The Labute approximate surface area is 145 Å². The SMILES string of the molecule is CCCSc1nc2cc(C(=O)OC)ccc2c(=O)n1CCCOC. The van der Waals surface area contributed by atoms with E-state index in [0.717, 1.165) is 18.6 Å². The second-order valence-corrected chi connectivity index (χ2v) is 6.33. The van der Waals surface area contributed by atoms with Crippen molar-refractivity contribution in [2.75, 3.05) is 26.6 Å². The summed E-state index contributed by atoms with van der Waals surface area (Å²) >= 11 is 1.55. The number of thioether (sulfide) groups is 1. The number of methoxy groups -OCH3 is 2. The number of nitrogens with zero attached hydrogens (tertiary/aromatic N) is 2. The lowest BCUT2D eigenvalue weighted by molar-refractivity contribution is 0.0601. The van der Waals surface area contributed by atoms with Crippen LogP contribution in [0.2, 0.25) is 0 Å². The molecule has 2 aromatic rings. The fourth-order valence-corrected chi connectivity index (χ4v) is 3.19. The molecule has 0 radical (unpaired) electrons. The van der Waals surface area contributed by atoms with Crippen LogP contribution >= 0.6 is 11.8 Å². The van der Waals surface area contributed by atoms with Crippen LogP contribution in [-0.4, -0.2) is 42.1 Å². The van der Waals surface area contributed by atoms with E-state index in [1.807, 2.05) is 0 Å². The van der Waals surface area contributed by atoms with E-state index in [1.165, 1.54) is 7.11 Å². The molecule has 0 atom stereocenters. The van der Waals surface area contributed by atoms with Crippen LogP contribution in [0, 0.1) is 0 Å². The van der Waals surface area contributed by atoms with Gasteiger partial charge in [-0.25, -0.2) is 9.78 Å². The molecule has 0 bridgehead atoms. The van der Waals surface area contributed by atoms with E-state index in [9.17, 15) is 9.59 Å². The molecule has 1 aromatic carbocycles. The van der Waals surface area contributed by atoms with Crippen LogP contribution in [0.1, 0.15) is 30.1 Å². The Balaban J connectivity index is 2.51. The summed E-state index contributed by atoms with van der Waals surface area (Å²) in [6.45, 7) is 3.22. The lowest BCUT2D eigenvalue weighted by atomic mass is 10.1. The molecule has 0 saturated carbocycles. The van der Waals surface area contributed by atoms with Gasteiger partial charge in [0.2, 0.25) is 0 Å². The first-order valence-electron chi connectivity index (χ1n) is 7.87. The van der Waals surface area contributed by atoms with E-state index >= 15 is 0 Å². The van der Waals surface area contributed by atoms with Gasteiger partial charge in [-0.3, -0.25) is 9.36 Å². The third-order valence-electron chi connectivity index (χ3n) is 3.51. The van der Waals surface area contributed by atoms with Crippen LogP contribution in [0.3, 0.4) is 0 Å². The maximum Gasteiger partial charge on any atom is 0.337 e. The Morgan fingerprint density at radius 1 is 1.33 bits per heavy atom. The highest BCUT2D eigenvalue weighted by atomic mass is 32.2. The summed E-state index contributed by atoms with van der Waals surface area (Å²) in [5, 5.41) is 1.17. The van der Waals surface area contributed by atoms with Crippen LogP contribution in [0.25, 0.3) is 10.9 Å². The molecule has 2 rings (SSSR count). The van der Waals surface area contributed by atoms with Crippen molar-refractivity contribution in [2.24, 2.45) is 0 Å². The van der Waals surface area contributed by atoms with Gasteiger partial charge in [0.1, 0.15) is 0 Å². The Morgan fingerprint density at radius 2 is 2.12 bits per heavy atom. The van der Waals surface area contributed by atoms with E-state index in [1.54, 1.807) is 41.6 Å². The summed E-state index contributed by atoms with van der Waals surface area (Å²) in [4.78, 5) is 29.1. The van der Waals surface area contributed by atoms with Gasteiger partial charge in [0.25, 0.3) is 5.56 Å². The highest BCUT2D eigenvalue weighted by Crippen LogP contribution is 2.20. The fraction of sp³-hybridized carbons (Fsp3) is 0.471. The van der Waals surface area contributed by atoms with Crippen LogP contribution in [0.4, 0.5) is 0 Å². The summed E-state index contributed by atoms with van der Waals surface area (Å²) in [5.41, 5.74) is 0.816. The Bertz CT molecular complexity index is 773. The van der Waals surface area contributed by atoms with Crippen molar-refractivity contribution in [3.05, 3.63) is 34.1 Å². The van der Waals surface area contributed by atoms with Crippen molar-refractivity contribution < 1.29 is 14.3 Å². The minimum atomic E-state index is -0.439. The first-order valence-corrected chi connectivity index (χ1v) is 8.85. The van der Waals surface area contributed by atoms with E-state index in [2.05, 4.69) is 11.9 Å². The number of fused-ring (bicyclic) bond motifs is 1. The molecule has 6 nitrogen and oxygen atoms in total. The summed E-state index contributed by atoms with van der Waals surface area (Å²) in [7, 11) is 2.97. The zero-order chi connectivity index (χ0) is 17.5. The molecular formula is C17H22N2O4S. The predicted molar refractivity (Wildman–Crippen MR) is 94.9 cm³/mol. The fourth-order valence-electron chi connectivity index (χ4n) is 2.31. The highest BCUT2D eigenvalue weighted by Gasteiger charge is 2.14. The van der Waals surface area contributed by atoms with E-state index < -0.39 is 5.97 Å². The van der Waals surface area contributed by atoms with Gasteiger partial charge in [-0.15, -0.1) is 0 Å². The van der Waals surface area contributed by atoms with Crippen molar-refractivity contribution in [1.82, 2.24) is 9.55 Å². The first-order chi connectivity index (χ1) is 11.6. The average molecular weight is 350 g/mol. The van der Waals surface area contributed by atoms with Crippen molar-refractivity contribution in [3.8, 4) is 0 Å². The molecule has 0 fully saturated rings. The minimum Gasteiger partial charge on any atom is -0.465 e. The number of hydrogen-bond acceptors (Lipinski definition) is 6. The standard InChI is InChI=1S/C17H22N2O4S/c1-4-10-24-17-18-14-11-12(16(21)23-3)6-7-13(14)15(20)19(17)8-5-9-22-2/h6-7,11H,4-5,8-10H2,1-3H3. The molecular weight excluding hydrogens is 328 g/mol. The summed E-state index contributed by atoms with van der Waals surface area (Å²) < 4.78 is 11.5. The van der Waals surface area contributed by atoms with Crippen molar-refractivity contribution in [1.29, 1.82) is 0 Å². The van der Waals surface area contributed by atoms with Gasteiger partial charge < -0.3 is 9.47 Å². The van der Waals surface area contributed by atoms with Gasteiger partial charge in [-0.2, -0.15) is 0 Å². The topological polar surface area (TPSA) is 70.4 Å². The molecule has 7 heteroatoms. The number of aromatic nitrogens is 2. The number of ether oxygens (including phenoxy) is 2. The summed E-state index contributed by atoms with van der Waals surface area (Å²) in [5.74, 6) is 0.435. The van der Waals surface area contributed by atoms with E-state index in [4.69, 9.17) is 9.47 Å². The number of hydrogen-bond donors (Lipinski definition) is 0. The molecule has 24 heavy (non-hydrogen) atoms. The molecule has 1 heterocycles. The molecule has 0 aliphatic rings. The normalized spacial score (nSPS) is 11.0. The Hall–Kier alpha value is -1.86. The van der Waals surface area contributed by atoms with Crippen LogP contribution in [0.15, 0.2) is 28.2 Å². The average Bonchev–Trinajstić information content (AvgIpc) is 2.61. The van der Waals surface area contributed by atoms with Gasteiger partial charge in [-0.05, 0) is 31.0 Å². The monoisotopic (exact) mass is 350 g/mol. The maximum atomic E-state index is 12.8. The summed E-state index contributed by atoms with van der Waals surface area (Å²) in [6.07, 6.45) is 1.72. The molecule has 0 aliphatic carbocycles. The third kappa shape index (κ3) is 4.15. The van der Waals surface area contributed by atoms with Crippen LogP contribution in [-0.2, 0) is 16.0 Å². The van der Waals surface area contributed by atoms with Crippen LogP contribution in [0.5, 0.6) is 0 Å². The minimum absolute atomic E-state index is 0.0916. The lowest BCUT2D eigenvalue weighted by Crippen LogP contribution is -2.24. The predicted octanol–water partition coefficient (Wildman–Crippen LogP) is 2.72. The quantitative estimate of drug-likeness (QED) is 0.315. The molecule has 0 amide bonds. The number of benzene rings is 1. The molecule has 0 spiro atoms. The van der Waals surface area contributed by atoms with Gasteiger partial charge in [0.05, 0.1) is 23.6 Å². The third-order valence-corrected chi connectivity index (χ3v) is 4.69. The second-order valence-electron chi connectivity index (χ2n) is 5.27. The zero-order valence-electron chi connectivity index (χ0n) is 14.2. The van der Waals surface area contributed by atoms with Gasteiger partial charge in [0.15, 0.2) is 5.16 Å². The zero-order valence-corrected chi connectivity index (χ0v) is 15.0.